The molecule has 0 aliphatic carbocycles. The Morgan fingerprint density at radius 1 is 1.28 bits per heavy atom. The number of halogens is 1. The molecule has 2 aliphatic rings. The molecule has 2 fully saturated rings. The zero-order valence-electron chi connectivity index (χ0n) is 13.7. The maximum atomic E-state index is 12.8. The van der Waals surface area contributed by atoms with Gasteiger partial charge in [0.1, 0.15) is 0 Å². The lowest BCUT2D eigenvalue weighted by Gasteiger charge is -2.26. The van der Waals surface area contributed by atoms with Crippen molar-refractivity contribution in [1.82, 2.24) is 9.62 Å². The topological polar surface area (TPSA) is 84.9 Å². The number of hydrogen-bond acceptors (Lipinski definition) is 5. The molecule has 1 atom stereocenters. The van der Waals surface area contributed by atoms with Crippen LogP contribution >= 0.6 is 15.9 Å². The van der Waals surface area contributed by atoms with E-state index in [-0.39, 0.29) is 16.9 Å². The van der Waals surface area contributed by atoms with Crippen molar-refractivity contribution in [3.63, 3.8) is 0 Å². The monoisotopic (exact) mass is 432 g/mol. The molecule has 2 heterocycles. The normalized spacial score (nSPS) is 22.0. The number of amides is 1. The summed E-state index contributed by atoms with van der Waals surface area (Å²) in [7, 11) is -3.68. The lowest BCUT2D eigenvalue weighted by molar-refractivity contribution is 0.0730. The van der Waals surface area contributed by atoms with E-state index in [0.717, 1.165) is 19.4 Å². The predicted molar refractivity (Wildman–Crippen MR) is 95.0 cm³/mol. The molecular weight excluding hydrogens is 412 g/mol. The number of nitrogens with zero attached hydrogens (tertiary/aromatic N) is 1. The number of benzene rings is 1. The molecule has 0 aromatic heterocycles. The van der Waals surface area contributed by atoms with Gasteiger partial charge in [0.25, 0.3) is 5.91 Å². The highest BCUT2D eigenvalue weighted by molar-refractivity contribution is 9.10. The third kappa shape index (κ3) is 4.40. The number of carbonyl (C=O) groups is 1. The van der Waals surface area contributed by atoms with Gasteiger partial charge < -0.3 is 14.8 Å². The summed E-state index contributed by atoms with van der Waals surface area (Å²) in [5.41, 5.74) is 0.313. The molecule has 0 saturated carbocycles. The van der Waals surface area contributed by atoms with E-state index in [1.54, 1.807) is 12.1 Å². The molecule has 0 radical (unpaired) electrons. The standard InChI is InChI=1S/C16H21BrN2O5S/c17-14-4-3-12(16(20)18-11-13-2-1-7-24-13)10-15(14)25(21,22)19-5-8-23-9-6-19/h3-4,10,13H,1-2,5-9,11H2,(H,18,20). The van der Waals surface area contributed by atoms with E-state index in [2.05, 4.69) is 21.2 Å². The van der Waals surface area contributed by atoms with E-state index in [0.29, 0.717) is 42.9 Å². The molecule has 0 bridgehead atoms. The fourth-order valence-corrected chi connectivity index (χ4v) is 5.24. The second-order valence-electron chi connectivity index (χ2n) is 6.01. The van der Waals surface area contributed by atoms with Crippen LogP contribution in [0.1, 0.15) is 23.2 Å². The van der Waals surface area contributed by atoms with Crippen molar-refractivity contribution >= 4 is 31.9 Å². The van der Waals surface area contributed by atoms with Crippen LogP contribution in [0, 0.1) is 0 Å². The molecule has 1 amide bonds. The Morgan fingerprint density at radius 2 is 2.04 bits per heavy atom. The first-order chi connectivity index (χ1) is 12.0. The Labute approximate surface area is 155 Å². The molecule has 25 heavy (non-hydrogen) atoms. The molecule has 1 N–H and O–H groups in total. The highest BCUT2D eigenvalue weighted by Crippen LogP contribution is 2.27. The number of ether oxygens (including phenoxy) is 2. The molecule has 7 nitrogen and oxygen atoms in total. The summed E-state index contributed by atoms with van der Waals surface area (Å²) < 4.78 is 38.2. The van der Waals surface area contributed by atoms with Gasteiger partial charge in [0.05, 0.1) is 24.2 Å². The lowest BCUT2D eigenvalue weighted by Crippen LogP contribution is -2.40. The summed E-state index contributed by atoms with van der Waals surface area (Å²) in [6, 6.07) is 4.61. The molecule has 9 heteroatoms. The Balaban J connectivity index is 1.76. The zero-order chi connectivity index (χ0) is 17.9. The van der Waals surface area contributed by atoms with E-state index in [1.807, 2.05) is 0 Å². The van der Waals surface area contributed by atoms with E-state index in [4.69, 9.17) is 9.47 Å². The van der Waals surface area contributed by atoms with Crippen LogP contribution in [0.2, 0.25) is 0 Å². The van der Waals surface area contributed by atoms with Gasteiger partial charge in [-0.3, -0.25) is 4.79 Å². The SMILES string of the molecule is O=C(NCC1CCCO1)c1ccc(Br)c(S(=O)(=O)N2CCOCC2)c1. The highest BCUT2D eigenvalue weighted by Gasteiger charge is 2.29. The molecular formula is C16H21BrN2O5S. The minimum Gasteiger partial charge on any atom is -0.379 e. The van der Waals surface area contributed by atoms with Crippen LogP contribution in [-0.2, 0) is 19.5 Å². The third-order valence-electron chi connectivity index (χ3n) is 4.30. The number of hydrogen-bond donors (Lipinski definition) is 1. The quantitative estimate of drug-likeness (QED) is 0.759. The average molecular weight is 433 g/mol. The Hall–Kier alpha value is -1.00. The molecule has 0 spiro atoms. The largest absolute Gasteiger partial charge is 0.379 e. The van der Waals surface area contributed by atoms with Gasteiger partial charge in [-0.2, -0.15) is 4.31 Å². The molecule has 138 valence electrons. The molecule has 2 saturated heterocycles. The van der Waals surface area contributed by atoms with Crippen LogP contribution < -0.4 is 5.32 Å². The Morgan fingerprint density at radius 3 is 2.72 bits per heavy atom. The van der Waals surface area contributed by atoms with Gasteiger partial charge in [0.15, 0.2) is 0 Å². The minimum absolute atomic E-state index is 0.0379. The number of morpholine rings is 1. The van der Waals surface area contributed by atoms with Crippen molar-refractivity contribution in [3.05, 3.63) is 28.2 Å². The van der Waals surface area contributed by atoms with Crippen LogP contribution in [0.25, 0.3) is 0 Å². The maximum Gasteiger partial charge on any atom is 0.251 e. The van der Waals surface area contributed by atoms with Crippen molar-refractivity contribution in [2.24, 2.45) is 0 Å². The van der Waals surface area contributed by atoms with Gasteiger partial charge in [-0.05, 0) is 47.0 Å². The van der Waals surface area contributed by atoms with Crippen molar-refractivity contribution in [3.8, 4) is 0 Å². The number of sulfonamides is 1. The third-order valence-corrected chi connectivity index (χ3v) is 7.19. The summed E-state index contributed by atoms with van der Waals surface area (Å²) in [4.78, 5) is 12.5. The zero-order valence-corrected chi connectivity index (χ0v) is 16.1. The summed E-state index contributed by atoms with van der Waals surface area (Å²) in [6.07, 6.45) is 1.97. The first-order valence-corrected chi connectivity index (χ1v) is 10.5. The van der Waals surface area contributed by atoms with Gasteiger partial charge in [-0.25, -0.2) is 8.42 Å². The number of carbonyl (C=O) groups excluding carboxylic acids is 1. The van der Waals surface area contributed by atoms with Gasteiger partial charge >= 0.3 is 0 Å². The van der Waals surface area contributed by atoms with Crippen LogP contribution in [0.15, 0.2) is 27.6 Å². The van der Waals surface area contributed by atoms with E-state index in [1.165, 1.54) is 10.4 Å². The van der Waals surface area contributed by atoms with Crippen molar-refractivity contribution < 1.29 is 22.7 Å². The predicted octanol–water partition coefficient (Wildman–Crippen LogP) is 1.38. The Kier molecular flexibility index (Phi) is 6.11. The van der Waals surface area contributed by atoms with Crippen molar-refractivity contribution in [1.29, 1.82) is 0 Å². The minimum atomic E-state index is -3.68. The van der Waals surface area contributed by atoms with Gasteiger partial charge in [-0.15, -0.1) is 0 Å². The molecule has 1 aromatic rings. The fraction of sp³-hybridized carbons (Fsp3) is 0.562. The number of nitrogens with one attached hydrogen (secondary N) is 1. The lowest BCUT2D eigenvalue weighted by atomic mass is 10.2. The van der Waals surface area contributed by atoms with Crippen LogP contribution in [0.4, 0.5) is 0 Å². The summed E-state index contributed by atoms with van der Waals surface area (Å²) in [5.74, 6) is -0.304. The molecule has 1 aromatic carbocycles. The summed E-state index contributed by atoms with van der Waals surface area (Å²) in [5, 5.41) is 2.81. The van der Waals surface area contributed by atoms with Crippen molar-refractivity contribution in [2.75, 3.05) is 39.5 Å². The maximum absolute atomic E-state index is 12.8. The first-order valence-electron chi connectivity index (χ1n) is 8.26. The smallest absolute Gasteiger partial charge is 0.251 e. The second-order valence-corrected chi connectivity index (χ2v) is 8.77. The van der Waals surface area contributed by atoms with Gasteiger partial charge in [0, 0.05) is 36.3 Å². The fourth-order valence-electron chi connectivity index (χ4n) is 2.88. The summed E-state index contributed by atoms with van der Waals surface area (Å²) in [6.45, 7) is 2.52. The number of rotatable bonds is 5. The van der Waals surface area contributed by atoms with Gasteiger partial charge in [-0.1, -0.05) is 0 Å². The first kappa shape index (κ1) is 18.8. The average Bonchev–Trinajstić information content (AvgIpc) is 3.14. The van der Waals surface area contributed by atoms with Crippen molar-refractivity contribution in [2.45, 2.75) is 23.8 Å². The van der Waals surface area contributed by atoms with E-state index < -0.39 is 10.0 Å². The van der Waals surface area contributed by atoms with Crippen LogP contribution in [-0.4, -0.2) is 64.2 Å². The van der Waals surface area contributed by atoms with Crippen LogP contribution in [0.3, 0.4) is 0 Å². The van der Waals surface area contributed by atoms with E-state index >= 15 is 0 Å². The summed E-state index contributed by atoms with van der Waals surface area (Å²) >= 11 is 3.29. The molecule has 1 unspecified atom stereocenters. The molecule has 3 rings (SSSR count). The Bertz CT molecular complexity index is 728. The van der Waals surface area contributed by atoms with E-state index in [9.17, 15) is 13.2 Å². The van der Waals surface area contributed by atoms with Gasteiger partial charge in [0.2, 0.25) is 10.0 Å². The second kappa shape index (κ2) is 8.13. The molecule has 2 aliphatic heterocycles. The van der Waals surface area contributed by atoms with Crippen LogP contribution in [0.5, 0.6) is 0 Å². The highest BCUT2D eigenvalue weighted by atomic mass is 79.9.